The lowest BCUT2D eigenvalue weighted by Gasteiger charge is -2.24. The van der Waals surface area contributed by atoms with E-state index >= 15 is 0 Å². The van der Waals surface area contributed by atoms with Gasteiger partial charge in [-0.15, -0.1) is 11.3 Å². The fourth-order valence-corrected chi connectivity index (χ4v) is 4.21. The monoisotopic (exact) mass is 372 g/mol. The number of thiophene rings is 1. The number of benzene rings is 1. The zero-order chi connectivity index (χ0) is 18.4. The molecular weight excluding hydrogens is 344 g/mol. The van der Waals surface area contributed by atoms with Gasteiger partial charge in [0.25, 0.3) is 0 Å². The molecule has 2 heterocycles. The summed E-state index contributed by atoms with van der Waals surface area (Å²) in [6.45, 7) is 6.98. The number of hydrogen-bond acceptors (Lipinski definition) is 4. The zero-order valence-electron chi connectivity index (χ0n) is 15.7. The highest BCUT2D eigenvalue weighted by Crippen LogP contribution is 2.22. The minimum atomic E-state index is 0.0450. The van der Waals surface area contributed by atoms with Crippen molar-refractivity contribution in [2.75, 3.05) is 25.0 Å². The molecule has 4 nitrogen and oxygen atoms in total. The second-order valence-corrected chi connectivity index (χ2v) is 7.93. The van der Waals surface area contributed by atoms with E-state index in [4.69, 9.17) is 4.74 Å². The number of ether oxygens (including phenoxy) is 1. The Balaban J connectivity index is 1.66. The zero-order valence-corrected chi connectivity index (χ0v) is 16.5. The van der Waals surface area contributed by atoms with Crippen molar-refractivity contribution in [1.82, 2.24) is 4.90 Å². The van der Waals surface area contributed by atoms with Crippen molar-refractivity contribution in [2.24, 2.45) is 0 Å². The van der Waals surface area contributed by atoms with Crippen LogP contribution in [-0.2, 0) is 22.5 Å². The molecule has 140 valence electrons. The quantitative estimate of drug-likeness (QED) is 0.754. The van der Waals surface area contributed by atoms with Crippen LogP contribution in [-0.4, -0.2) is 36.6 Å². The Labute approximate surface area is 160 Å². The highest BCUT2D eigenvalue weighted by Gasteiger charge is 2.21. The summed E-state index contributed by atoms with van der Waals surface area (Å²) in [6.07, 6.45) is 3.35. The number of aryl methyl sites for hydroxylation is 2. The highest BCUT2D eigenvalue weighted by molar-refractivity contribution is 7.09. The van der Waals surface area contributed by atoms with Gasteiger partial charge in [-0.3, -0.25) is 9.69 Å². The molecule has 0 aliphatic carbocycles. The van der Waals surface area contributed by atoms with Gasteiger partial charge in [0, 0.05) is 30.3 Å². The molecule has 1 aromatic heterocycles. The Morgan fingerprint density at radius 2 is 2.23 bits per heavy atom. The molecule has 1 fully saturated rings. The molecule has 5 heteroatoms. The van der Waals surface area contributed by atoms with Crippen molar-refractivity contribution in [3.05, 3.63) is 51.7 Å². The highest BCUT2D eigenvalue weighted by atomic mass is 32.1. The Morgan fingerprint density at radius 3 is 2.92 bits per heavy atom. The van der Waals surface area contributed by atoms with Crippen molar-refractivity contribution >= 4 is 22.9 Å². The molecular formula is C21H28N2O2S. The van der Waals surface area contributed by atoms with E-state index < -0.39 is 0 Å². The third-order valence-corrected chi connectivity index (χ3v) is 5.68. The first-order valence-corrected chi connectivity index (χ1v) is 10.3. The van der Waals surface area contributed by atoms with Crippen LogP contribution in [0.2, 0.25) is 0 Å². The van der Waals surface area contributed by atoms with Crippen molar-refractivity contribution in [3.63, 3.8) is 0 Å². The Kier molecular flexibility index (Phi) is 6.83. The lowest BCUT2D eigenvalue weighted by Crippen LogP contribution is -2.38. The maximum atomic E-state index is 12.8. The van der Waals surface area contributed by atoms with Crippen LogP contribution in [0.15, 0.2) is 35.7 Å². The molecule has 1 aliphatic rings. The van der Waals surface area contributed by atoms with Crippen LogP contribution in [0.1, 0.15) is 35.8 Å². The molecule has 3 rings (SSSR count). The number of carbonyl (C=O) groups excluding carboxylic acids is 1. The Morgan fingerprint density at radius 1 is 1.35 bits per heavy atom. The first kappa shape index (κ1) is 19.1. The van der Waals surface area contributed by atoms with Crippen molar-refractivity contribution in [2.45, 2.75) is 45.8 Å². The molecule has 2 aromatic rings. The number of amides is 1. The molecule has 0 spiro atoms. The molecule has 1 aliphatic heterocycles. The minimum Gasteiger partial charge on any atom is -0.377 e. The van der Waals surface area contributed by atoms with E-state index in [9.17, 15) is 4.79 Å². The third-order valence-electron chi connectivity index (χ3n) is 4.82. The Hall–Kier alpha value is -1.69. The average Bonchev–Trinajstić information content (AvgIpc) is 3.30. The maximum Gasteiger partial charge on any atom is 0.238 e. The van der Waals surface area contributed by atoms with Crippen LogP contribution >= 0.6 is 11.3 Å². The number of para-hydroxylation sites is 1. The second kappa shape index (κ2) is 9.31. The predicted octanol–water partition coefficient (Wildman–Crippen LogP) is 4.24. The second-order valence-electron chi connectivity index (χ2n) is 6.89. The van der Waals surface area contributed by atoms with E-state index in [1.54, 1.807) is 11.3 Å². The van der Waals surface area contributed by atoms with Crippen LogP contribution in [0.4, 0.5) is 5.69 Å². The van der Waals surface area contributed by atoms with Gasteiger partial charge in [-0.05, 0) is 48.8 Å². The van der Waals surface area contributed by atoms with Crippen LogP contribution in [0, 0.1) is 6.92 Å². The van der Waals surface area contributed by atoms with Crippen molar-refractivity contribution in [3.8, 4) is 0 Å². The lowest BCUT2D eigenvalue weighted by molar-refractivity contribution is -0.117. The van der Waals surface area contributed by atoms with E-state index in [-0.39, 0.29) is 12.0 Å². The largest absolute Gasteiger partial charge is 0.377 e. The van der Waals surface area contributed by atoms with Crippen LogP contribution in [0.5, 0.6) is 0 Å². The summed E-state index contributed by atoms with van der Waals surface area (Å²) in [5.41, 5.74) is 3.26. The van der Waals surface area contributed by atoms with Gasteiger partial charge in [0.15, 0.2) is 0 Å². The maximum absolute atomic E-state index is 12.8. The van der Waals surface area contributed by atoms with Gasteiger partial charge < -0.3 is 10.1 Å². The molecule has 1 atom stereocenters. The molecule has 0 unspecified atom stereocenters. The SMILES string of the molecule is CCc1cccc(C)c1NC(=O)CN(Cc1cccs1)C[C@H]1CCCO1. The van der Waals surface area contributed by atoms with E-state index in [0.717, 1.165) is 50.2 Å². The van der Waals surface area contributed by atoms with E-state index in [2.05, 4.69) is 40.7 Å². The number of hydrogen-bond donors (Lipinski definition) is 1. The molecule has 0 saturated carbocycles. The summed E-state index contributed by atoms with van der Waals surface area (Å²) in [5.74, 6) is 0.0450. The van der Waals surface area contributed by atoms with Gasteiger partial charge >= 0.3 is 0 Å². The number of carbonyl (C=O) groups is 1. The average molecular weight is 373 g/mol. The molecule has 1 aromatic carbocycles. The summed E-state index contributed by atoms with van der Waals surface area (Å²) in [7, 11) is 0. The van der Waals surface area contributed by atoms with Crippen LogP contribution in [0.3, 0.4) is 0 Å². The Bertz CT molecular complexity index is 709. The van der Waals surface area contributed by atoms with Gasteiger partial charge in [0.1, 0.15) is 0 Å². The number of nitrogens with zero attached hydrogens (tertiary/aromatic N) is 1. The molecule has 0 radical (unpaired) electrons. The van der Waals surface area contributed by atoms with E-state index in [1.165, 1.54) is 10.4 Å². The predicted molar refractivity (Wildman–Crippen MR) is 108 cm³/mol. The summed E-state index contributed by atoms with van der Waals surface area (Å²) in [4.78, 5) is 16.2. The summed E-state index contributed by atoms with van der Waals surface area (Å²) >= 11 is 1.73. The van der Waals surface area contributed by atoms with E-state index in [0.29, 0.717) is 6.54 Å². The first-order valence-electron chi connectivity index (χ1n) is 9.40. The van der Waals surface area contributed by atoms with Crippen molar-refractivity contribution < 1.29 is 9.53 Å². The lowest BCUT2D eigenvalue weighted by atomic mass is 10.1. The van der Waals surface area contributed by atoms with Crippen molar-refractivity contribution in [1.29, 1.82) is 0 Å². The van der Waals surface area contributed by atoms with Gasteiger partial charge in [-0.2, -0.15) is 0 Å². The molecule has 1 amide bonds. The van der Waals surface area contributed by atoms with Gasteiger partial charge in [-0.25, -0.2) is 0 Å². The normalized spacial score (nSPS) is 17.0. The summed E-state index contributed by atoms with van der Waals surface area (Å²) in [6, 6.07) is 10.4. The van der Waals surface area contributed by atoms with Crippen LogP contribution in [0.25, 0.3) is 0 Å². The molecule has 1 N–H and O–H groups in total. The molecule has 1 saturated heterocycles. The number of rotatable bonds is 8. The van der Waals surface area contributed by atoms with Crippen LogP contribution < -0.4 is 5.32 Å². The third kappa shape index (κ3) is 5.16. The number of anilines is 1. The summed E-state index contributed by atoms with van der Waals surface area (Å²) in [5, 5.41) is 5.23. The minimum absolute atomic E-state index is 0.0450. The fraction of sp³-hybridized carbons (Fsp3) is 0.476. The fourth-order valence-electron chi connectivity index (χ4n) is 3.47. The topological polar surface area (TPSA) is 41.6 Å². The van der Waals surface area contributed by atoms with Gasteiger partial charge in [-0.1, -0.05) is 31.2 Å². The standard InChI is InChI=1S/C21H28N2O2S/c1-3-17-8-4-7-16(2)21(17)22-20(24)15-23(13-18-9-5-11-25-18)14-19-10-6-12-26-19/h4,6-8,10,12,18H,3,5,9,11,13-15H2,1-2H3,(H,22,24)/t18-/m1/s1. The summed E-state index contributed by atoms with van der Waals surface area (Å²) < 4.78 is 5.79. The molecule has 26 heavy (non-hydrogen) atoms. The molecule has 0 bridgehead atoms. The van der Waals surface area contributed by atoms with E-state index in [1.807, 2.05) is 19.1 Å². The van der Waals surface area contributed by atoms with Gasteiger partial charge in [0.2, 0.25) is 5.91 Å². The first-order chi connectivity index (χ1) is 12.7. The smallest absolute Gasteiger partial charge is 0.238 e. The van der Waals surface area contributed by atoms with Gasteiger partial charge in [0.05, 0.1) is 12.6 Å². The number of nitrogens with one attached hydrogen (secondary N) is 1.